The first-order chi connectivity index (χ1) is 10.6. The summed E-state index contributed by atoms with van der Waals surface area (Å²) < 4.78 is 31.8. The fourth-order valence-electron chi connectivity index (χ4n) is 2.78. The van der Waals surface area contributed by atoms with E-state index in [0.29, 0.717) is 13.2 Å². The number of methoxy groups -OCH3 is 1. The summed E-state index contributed by atoms with van der Waals surface area (Å²) >= 11 is 0. The zero-order valence-electron chi connectivity index (χ0n) is 12.8. The van der Waals surface area contributed by atoms with Crippen LogP contribution in [0.5, 0.6) is 0 Å². The van der Waals surface area contributed by atoms with Gasteiger partial charge in [-0.05, 0) is 31.7 Å². The highest BCUT2D eigenvalue weighted by Crippen LogP contribution is 2.20. The van der Waals surface area contributed by atoms with Crippen LogP contribution in [0.2, 0.25) is 0 Å². The molecule has 2 amide bonds. The van der Waals surface area contributed by atoms with Crippen molar-refractivity contribution in [2.24, 2.45) is 0 Å². The van der Waals surface area contributed by atoms with E-state index >= 15 is 0 Å². The maximum atomic E-state index is 13.6. The molecule has 1 saturated heterocycles. The first-order valence-electron chi connectivity index (χ1n) is 7.59. The van der Waals surface area contributed by atoms with E-state index in [1.54, 1.807) is 12.0 Å². The van der Waals surface area contributed by atoms with Gasteiger partial charge in [0.2, 0.25) is 0 Å². The highest BCUT2D eigenvalue weighted by Gasteiger charge is 2.26. The lowest BCUT2D eigenvalue weighted by atomic mass is 10.00. The van der Waals surface area contributed by atoms with Crippen LogP contribution in [0.4, 0.5) is 13.6 Å². The summed E-state index contributed by atoms with van der Waals surface area (Å²) in [4.78, 5) is 14.1. The number of likely N-dealkylation sites (tertiary alicyclic amines) is 1. The average Bonchev–Trinajstić information content (AvgIpc) is 2.54. The number of rotatable bonds is 5. The molecule has 0 aromatic heterocycles. The Labute approximate surface area is 129 Å². The van der Waals surface area contributed by atoms with Gasteiger partial charge in [-0.3, -0.25) is 0 Å². The van der Waals surface area contributed by atoms with Gasteiger partial charge in [0.25, 0.3) is 0 Å². The van der Waals surface area contributed by atoms with Gasteiger partial charge >= 0.3 is 6.03 Å². The van der Waals surface area contributed by atoms with E-state index in [0.717, 1.165) is 31.7 Å². The molecule has 0 radical (unpaired) electrons. The number of hydrogen-bond acceptors (Lipinski definition) is 2. The fraction of sp³-hybridized carbons (Fsp3) is 0.562. The Kier molecular flexibility index (Phi) is 6.12. The standard InChI is InChI=1S/C16H22F2N2O2/c1-22-10-8-13-6-2-3-9-20(13)16(21)19-11-12-5-4-7-14(17)15(12)18/h4-5,7,13H,2-3,6,8-11H2,1H3,(H,19,21)/t13-/m1/s1. The van der Waals surface area contributed by atoms with Crippen LogP contribution in [0.25, 0.3) is 0 Å². The predicted molar refractivity (Wildman–Crippen MR) is 79.4 cm³/mol. The summed E-state index contributed by atoms with van der Waals surface area (Å²) in [6, 6.07) is 3.88. The molecule has 6 heteroatoms. The van der Waals surface area contributed by atoms with Crippen LogP contribution in [0.15, 0.2) is 18.2 Å². The average molecular weight is 312 g/mol. The van der Waals surface area contributed by atoms with Crippen molar-refractivity contribution in [1.82, 2.24) is 10.2 Å². The largest absolute Gasteiger partial charge is 0.385 e. The fourth-order valence-corrected chi connectivity index (χ4v) is 2.78. The molecule has 1 atom stereocenters. The Bertz CT molecular complexity index is 511. The predicted octanol–water partition coefficient (Wildman–Crippen LogP) is 3.07. The van der Waals surface area contributed by atoms with E-state index in [1.165, 1.54) is 12.1 Å². The van der Waals surface area contributed by atoms with Crippen molar-refractivity contribution < 1.29 is 18.3 Å². The highest BCUT2D eigenvalue weighted by molar-refractivity contribution is 5.74. The number of piperidine rings is 1. The summed E-state index contributed by atoms with van der Waals surface area (Å²) in [5.41, 5.74) is 0.152. The Morgan fingerprint density at radius 1 is 1.41 bits per heavy atom. The smallest absolute Gasteiger partial charge is 0.317 e. The van der Waals surface area contributed by atoms with Crippen LogP contribution >= 0.6 is 0 Å². The minimum Gasteiger partial charge on any atom is -0.385 e. The summed E-state index contributed by atoms with van der Waals surface area (Å²) in [6.07, 6.45) is 3.80. The van der Waals surface area contributed by atoms with Crippen molar-refractivity contribution in [3.8, 4) is 0 Å². The summed E-state index contributed by atoms with van der Waals surface area (Å²) in [5.74, 6) is -1.81. The van der Waals surface area contributed by atoms with Crippen LogP contribution in [0.3, 0.4) is 0 Å². The van der Waals surface area contributed by atoms with Crippen LogP contribution in [0.1, 0.15) is 31.2 Å². The Hall–Kier alpha value is -1.69. The lowest BCUT2D eigenvalue weighted by molar-refractivity contribution is 0.116. The van der Waals surface area contributed by atoms with Gasteiger partial charge in [-0.1, -0.05) is 12.1 Å². The molecule has 4 nitrogen and oxygen atoms in total. The van der Waals surface area contributed by atoms with Crippen molar-refractivity contribution in [2.45, 2.75) is 38.3 Å². The molecule has 0 unspecified atom stereocenters. The molecule has 1 aliphatic rings. The first-order valence-corrected chi connectivity index (χ1v) is 7.59. The minimum absolute atomic E-state index is 0.0179. The van der Waals surface area contributed by atoms with Crippen LogP contribution in [0, 0.1) is 11.6 Å². The molecule has 22 heavy (non-hydrogen) atoms. The molecule has 1 heterocycles. The molecule has 0 spiro atoms. The zero-order valence-corrected chi connectivity index (χ0v) is 12.8. The van der Waals surface area contributed by atoms with Crippen molar-refractivity contribution in [3.63, 3.8) is 0 Å². The van der Waals surface area contributed by atoms with E-state index < -0.39 is 11.6 Å². The summed E-state index contributed by atoms with van der Waals surface area (Å²) in [6.45, 7) is 1.27. The molecule has 1 N–H and O–H groups in total. The van der Waals surface area contributed by atoms with Crippen LogP contribution < -0.4 is 5.32 Å². The molecule has 1 fully saturated rings. The maximum Gasteiger partial charge on any atom is 0.317 e. The molecule has 0 bridgehead atoms. The minimum atomic E-state index is -0.905. The number of halogens is 2. The summed E-state index contributed by atoms with van der Waals surface area (Å²) in [7, 11) is 1.64. The Morgan fingerprint density at radius 3 is 3.00 bits per heavy atom. The van der Waals surface area contributed by atoms with Crippen molar-refractivity contribution in [1.29, 1.82) is 0 Å². The second-order valence-electron chi connectivity index (χ2n) is 5.50. The Balaban J connectivity index is 1.93. The zero-order chi connectivity index (χ0) is 15.9. The molecule has 1 aromatic rings. The van der Waals surface area contributed by atoms with E-state index in [9.17, 15) is 13.6 Å². The van der Waals surface area contributed by atoms with Gasteiger partial charge in [-0.25, -0.2) is 13.6 Å². The number of nitrogens with zero attached hydrogens (tertiary/aromatic N) is 1. The number of ether oxygens (including phenoxy) is 1. The molecule has 0 aliphatic carbocycles. The quantitative estimate of drug-likeness (QED) is 0.908. The second-order valence-corrected chi connectivity index (χ2v) is 5.50. The second kappa shape index (κ2) is 8.08. The van der Waals surface area contributed by atoms with Gasteiger partial charge < -0.3 is 15.0 Å². The lowest BCUT2D eigenvalue weighted by Crippen LogP contribution is -2.48. The van der Waals surface area contributed by atoms with Gasteiger partial charge in [0.05, 0.1) is 0 Å². The number of amides is 2. The molecular formula is C16H22F2N2O2. The molecule has 0 saturated carbocycles. The first kappa shape index (κ1) is 16.7. The summed E-state index contributed by atoms with van der Waals surface area (Å²) in [5, 5.41) is 2.68. The van der Waals surface area contributed by atoms with Gasteiger partial charge in [0.1, 0.15) is 0 Å². The number of hydrogen-bond donors (Lipinski definition) is 1. The number of nitrogens with one attached hydrogen (secondary N) is 1. The SMILES string of the molecule is COCC[C@H]1CCCCN1C(=O)NCc1cccc(F)c1F. The van der Waals surface area contributed by atoms with Crippen LogP contribution in [-0.2, 0) is 11.3 Å². The molecular weight excluding hydrogens is 290 g/mol. The number of benzene rings is 1. The number of urea groups is 1. The monoisotopic (exact) mass is 312 g/mol. The number of carbonyl (C=O) groups is 1. The lowest BCUT2D eigenvalue weighted by Gasteiger charge is -2.35. The van der Waals surface area contributed by atoms with Gasteiger partial charge in [0.15, 0.2) is 11.6 Å². The molecule has 2 rings (SSSR count). The highest BCUT2D eigenvalue weighted by atomic mass is 19.2. The van der Waals surface area contributed by atoms with Crippen molar-refractivity contribution >= 4 is 6.03 Å². The Morgan fingerprint density at radius 2 is 2.23 bits per heavy atom. The van der Waals surface area contributed by atoms with E-state index in [-0.39, 0.29) is 24.2 Å². The molecule has 122 valence electrons. The van der Waals surface area contributed by atoms with Crippen LogP contribution in [-0.4, -0.2) is 37.2 Å². The van der Waals surface area contributed by atoms with Gasteiger partial charge in [-0.15, -0.1) is 0 Å². The molecule has 1 aliphatic heterocycles. The van der Waals surface area contributed by atoms with E-state index in [4.69, 9.17) is 4.74 Å². The van der Waals surface area contributed by atoms with Crippen molar-refractivity contribution in [3.05, 3.63) is 35.4 Å². The number of carbonyl (C=O) groups excluding carboxylic acids is 1. The van der Waals surface area contributed by atoms with E-state index in [1.807, 2.05) is 0 Å². The van der Waals surface area contributed by atoms with Crippen molar-refractivity contribution in [2.75, 3.05) is 20.3 Å². The maximum absolute atomic E-state index is 13.6. The third-order valence-corrected chi connectivity index (χ3v) is 4.00. The van der Waals surface area contributed by atoms with Gasteiger partial charge in [0, 0.05) is 38.4 Å². The topological polar surface area (TPSA) is 41.6 Å². The third-order valence-electron chi connectivity index (χ3n) is 4.00. The van der Waals surface area contributed by atoms with E-state index in [2.05, 4.69) is 5.32 Å². The third kappa shape index (κ3) is 4.16. The molecule has 1 aromatic carbocycles. The normalized spacial score (nSPS) is 18.3. The van der Waals surface area contributed by atoms with Gasteiger partial charge in [-0.2, -0.15) is 0 Å².